The molecule has 21 heavy (non-hydrogen) atoms. The fraction of sp³-hybridized carbons (Fsp3) is 0.667. The van der Waals surface area contributed by atoms with Crippen molar-refractivity contribution in [2.75, 3.05) is 39.3 Å². The zero-order valence-corrected chi connectivity index (χ0v) is 15.1. The zero-order chi connectivity index (χ0) is 14.7. The van der Waals surface area contributed by atoms with Crippen LogP contribution >= 0.6 is 33.9 Å². The Morgan fingerprint density at radius 3 is 2.95 bits per heavy atom. The highest BCUT2D eigenvalue weighted by molar-refractivity contribution is 14.1. The second-order valence-corrected chi connectivity index (χ2v) is 8.53. The summed E-state index contributed by atoms with van der Waals surface area (Å²) in [6.45, 7) is 5.68. The van der Waals surface area contributed by atoms with Gasteiger partial charge in [0.05, 0.1) is 14.6 Å². The van der Waals surface area contributed by atoms with E-state index in [1.807, 2.05) is 16.3 Å². The predicted molar refractivity (Wildman–Crippen MR) is 93.0 cm³/mol. The summed E-state index contributed by atoms with van der Waals surface area (Å²) in [6.07, 6.45) is 3.84. The van der Waals surface area contributed by atoms with Crippen molar-refractivity contribution in [1.82, 2.24) is 9.80 Å². The number of hydrogen-bond donors (Lipinski definition) is 0. The minimum Gasteiger partial charge on any atom is -0.377 e. The van der Waals surface area contributed by atoms with Crippen LogP contribution in [0.3, 0.4) is 0 Å². The lowest BCUT2D eigenvalue weighted by atomic mass is 10.2. The molecule has 1 aromatic heterocycles. The largest absolute Gasteiger partial charge is 0.377 e. The Morgan fingerprint density at radius 1 is 1.33 bits per heavy atom. The van der Waals surface area contributed by atoms with Crippen LogP contribution in [0, 0.1) is 2.88 Å². The van der Waals surface area contributed by atoms with E-state index in [2.05, 4.69) is 27.5 Å². The quantitative estimate of drug-likeness (QED) is 0.706. The van der Waals surface area contributed by atoms with Gasteiger partial charge in [-0.3, -0.25) is 9.69 Å². The minimum atomic E-state index is 0.188. The molecule has 0 saturated carbocycles. The predicted octanol–water partition coefficient (Wildman–Crippen LogP) is 2.68. The minimum absolute atomic E-state index is 0.188. The van der Waals surface area contributed by atoms with Crippen LogP contribution in [0.2, 0.25) is 0 Å². The van der Waals surface area contributed by atoms with Gasteiger partial charge in [-0.25, -0.2) is 0 Å². The Kier molecular flexibility index (Phi) is 5.53. The van der Waals surface area contributed by atoms with Gasteiger partial charge in [-0.15, -0.1) is 11.3 Å². The Morgan fingerprint density at radius 2 is 2.24 bits per heavy atom. The van der Waals surface area contributed by atoms with Crippen LogP contribution in [-0.2, 0) is 4.74 Å². The average Bonchev–Trinajstić information content (AvgIpc) is 3.07. The van der Waals surface area contributed by atoms with E-state index >= 15 is 0 Å². The number of rotatable bonds is 3. The summed E-state index contributed by atoms with van der Waals surface area (Å²) in [4.78, 5) is 17.0. The first-order chi connectivity index (χ1) is 10.2. The molecular weight excluding hydrogens is 399 g/mol. The maximum atomic E-state index is 12.5. The molecule has 1 aromatic rings. The molecule has 2 aliphatic heterocycles. The average molecular weight is 420 g/mol. The maximum Gasteiger partial charge on any atom is 0.254 e. The standard InChI is InChI=1S/C15H21IN2O2S/c16-14-9-12(11-21-14)15(19)18-5-2-4-17(6-7-18)10-13-3-1-8-20-13/h9,11,13H,1-8,10H2. The summed E-state index contributed by atoms with van der Waals surface area (Å²) < 4.78 is 6.89. The van der Waals surface area contributed by atoms with Crippen molar-refractivity contribution in [2.45, 2.75) is 25.4 Å². The molecule has 0 aromatic carbocycles. The monoisotopic (exact) mass is 420 g/mol. The summed E-state index contributed by atoms with van der Waals surface area (Å²) in [6, 6.07) is 1.99. The van der Waals surface area contributed by atoms with E-state index in [9.17, 15) is 4.79 Å². The third kappa shape index (κ3) is 4.18. The van der Waals surface area contributed by atoms with Crippen LogP contribution < -0.4 is 0 Å². The second kappa shape index (κ2) is 7.39. The fourth-order valence-electron chi connectivity index (χ4n) is 3.04. The van der Waals surface area contributed by atoms with Crippen molar-refractivity contribution >= 4 is 39.8 Å². The van der Waals surface area contributed by atoms with E-state index in [1.165, 1.54) is 15.7 Å². The summed E-state index contributed by atoms with van der Waals surface area (Å²) in [7, 11) is 0. The van der Waals surface area contributed by atoms with E-state index in [0.29, 0.717) is 6.10 Å². The highest BCUT2D eigenvalue weighted by Gasteiger charge is 2.24. The molecule has 116 valence electrons. The summed E-state index contributed by atoms with van der Waals surface area (Å²) in [5.74, 6) is 0.188. The van der Waals surface area contributed by atoms with Crippen LogP contribution in [0.4, 0.5) is 0 Å². The van der Waals surface area contributed by atoms with Crippen molar-refractivity contribution in [1.29, 1.82) is 0 Å². The molecule has 0 bridgehead atoms. The molecule has 3 heterocycles. The van der Waals surface area contributed by atoms with Crippen molar-refractivity contribution in [3.05, 3.63) is 19.9 Å². The van der Waals surface area contributed by atoms with Gasteiger partial charge in [0, 0.05) is 38.2 Å². The van der Waals surface area contributed by atoms with Crippen molar-refractivity contribution in [3.8, 4) is 0 Å². The summed E-state index contributed by atoms with van der Waals surface area (Å²) in [5, 5.41) is 1.97. The highest BCUT2D eigenvalue weighted by Crippen LogP contribution is 2.19. The molecular formula is C15H21IN2O2S. The molecule has 0 spiro atoms. The number of halogens is 1. The molecule has 0 radical (unpaired) electrons. The van der Waals surface area contributed by atoms with Gasteiger partial charge in [0.1, 0.15) is 0 Å². The van der Waals surface area contributed by atoms with Crippen LogP contribution in [0.25, 0.3) is 0 Å². The molecule has 4 nitrogen and oxygen atoms in total. The van der Waals surface area contributed by atoms with Crippen molar-refractivity contribution in [2.24, 2.45) is 0 Å². The van der Waals surface area contributed by atoms with E-state index < -0.39 is 0 Å². The lowest BCUT2D eigenvalue weighted by Crippen LogP contribution is -2.37. The van der Waals surface area contributed by atoms with Crippen LogP contribution in [0.1, 0.15) is 29.6 Å². The van der Waals surface area contributed by atoms with E-state index in [1.54, 1.807) is 11.3 Å². The van der Waals surface area contributed by atoms with E-state index in [0.717, 1.165) is 51.3 Å². The van der Waals surface area contributed by atoms with Crippen LogP contribution in [0.5, 0.6) is 0 Å². The summed E-state index contributed by atoms with van der Waals surface area (Å²) in [5.41, 5.74) is 0.844. The molecule has 2 saturated heterocycles. The summed E-state index contributed by atoms with van der Waals surface area (Å²) >= 11 is 3.90. The van der Waals surface area contributed by atoms with Crippen LogP contribution in [0.15, 0.2) is 11.4 Å². The number of thiophene rings is 1. The van der Waals surface area contributed by atoms with Gasteiger partial charge in [0.25, 0.3) is 5.91 Å². The second-order valence-electron chi connectivity index (χ2n) is 5.72. The van der Waals surface area contributed by atoms with Gasteiger partial charge in [-0.2, -0.15) is 0 Å². The van der Waals surface area contributed by atoms with Gasteiger partial charge >= 0.3 is 0 Å². The first-order valence-corrected chi connectivity index (χ1v) is 9.55. The topological polar surface area (TPSA) is 32.8 Å². The number of carbonyl (C=O) groups excluding carboxylic acids is 1. The Labute approximate surface area is 143 Å². The number of ether oxygens (including phenoxy) is 1. The van der Waals surface area contributed by atoms with Gasteiger partial charge in [0.15, 0.2) is 0 Å². The Hall–Kier alpha value is -0.180. The normalized spacial score (nSPS) is 24.2. The van der Waals surface area contributed by atoms with E-state index in [-0.39, 0.29) is 5.91 Å². The third-order valence-corrected chi connectivity index (χ3v) is 5.96. The molecule has 1 unspecified atom stereocenters. The van der Waals surface area contributed by atoms with Gasteiger partial charge in [0.2, 0.25) is 0 Å². The Bertz CT molecular complexity index is 488. The number of carbonyl (C=O) groups is 1. The fourth-order valence-corrected chi connectivity index (χ4v) is 4.36. The van der Waals surface area contributed by atoms with Gasteiger partial charge < -0.3 is 9.64 Å². The van der Waals surface area contributed by atoms with Crippen molar-refractivity contribution < 1.29 is 9.53 Å². The molecule has 2 aliphatic rings. The molecule has 3 rings (SSSR count). The maximum absolute atomic E-state index is 12.5. The lowest BCUT2D eigenvalue weighted by molar-refractivity contribution is 0.0704. The smallest absolute Gasteiger partial charge is 0.254 e. The van der Waals surface area contributed by atoms with Gasteiger partial charge in [-0.1, -0.05) is 0 Å². The molecule has 6 heteroatoms. The lowest BCUT2D eigenvalue weighted by Gasteiger charge is -2.24. The zero-order valence-electron chi connectivity index (χ0n) is 12.1. The molecule has 2 fully saturated rings. The molecule has 0 N–H and O–H groups in total. The number of amides is 1. The highest BCUT2D eigenvalue weighted by atomic mass is 127. The first-order valence-electron chi connectivity index (χ1n) is 7.59. The van der Waals surface area contributed by atoms with Crippen molar-refractivity contribution in [3.63, 3.8) is 0 Å². The molecule has 1 amide bonds. The molecule has 1 atom stereocenters. The third-order valence-electron chi connectivity index (χ3n) is 4.18. The van der Waals surface area contributed by atoms with Crippen LogP contribution in [-0.4, -0.2) is 61.1 Å². The first kappa shape index (κ1) is 15.7. The SMILES string of the molecule is O=C(c1csc(I)c1)N1CCCN(CC2CCCO2)CC1. The van der Waals surface area contributed by atoms with E-state index in [4.69, 9.17) is 4.74 Å². The number of nitrogens with zero attached hydrogens (tertiary/aromatic N) is 2. The molecule has 0 aliphatic carbocycles. The van der Waals surface area contributed by atoms with Gasteiger partial charge in [-0.05, 0) is 54.5 Å². The Balaban J connectivity index is 1.53. The number of hydrogen-bond acceptors (Lipinski definition) is 4.